The number of hydrogen-bond acceptors (Lipinski definition) is 2. The minimum absolute atomic E-state index is 0.203. The van der Waals surface area contributed by atoms with Gasteiger partial charge in [0.1, 0.15) is 0 Å². The Hall–Kier alpha value is -1.20. The van der Waals surface area contributed by atoms with Gasteiger partial charge >= 0.3 is 0 Å². The molecular formula is C7H10F2N2O2. The van der Waals surface area contributed by atoms with Gasteiger partial charge in [-0.3, -0.25) is 9.59 Å². The highest BCUT2D eigenvalue weighted by Gasteiger charge is 2.45. The van der Waals surface area contributed by atoms with Crippen molar-refractivity contribution in [3.05, 3.63) is 0 Å². The predicted molar refractivity (Wildman–Crippen MR) is 40.2 cm³/mol. The van der Waals surface area contributed by atoms with Gasteiger partial charge in [-0.1, -0.05) is 0 Å². The summed E-state index contributed by atoms with van der Waals surface area (Å²) < 4.78 is 24.5. The van der Waals surface area contributed by atoms with E-state index in [-0.39, 0.29) is 12.5 Å². The molecule has 1 N–H and O–H groups in total. The highest BCUT2D eigenvalue weighted by molar-refractivity contribution is 5.84. The summed E-state index contributed by atoms with van der Waals surface area (Å²) in [5.41, 5.74) is 0. The summed E-state index contributed by atoms with van der Waals surface area (Å²) >= 11 is 0. The molecule has 1 fully saturated rings. The Bertz CT molecular complexity index is 235. The first-order valence-corrected chi connectivity index (χ1v) is 3.81. The molecule has 13 heavy (non-hydrogen) atoms. The van der Waals surface area contributed by atoms with Crippen molar-refractivity contribution in [2.24, 2.45) is 0 Å². The number of amides is 2. The average Bonchev–Trinajstić information content (AvgIpc) is 1.95. The van der Waals surface area contributed by atoms with Crippen molar-refractivity contribution in [2.75, 3.05) is 19.6 Å². The number of halogens is 2. The first-order chi connectivity index (χ1) is 5.91. The maximum atomic E-state index is 12.3. The number of carbonyl (C=O) groups excluding carboxylic acids is 2. The molecule has 0 aromatic heterocycles. The lowest BCUT2D eigenvalue weighted by Crippen LogP contribution is -2.60. The van der Waals surface area contributed by atoms with Crippen molar-refractivity contribution in [1.29, 1.82) is 0 Å². The van der Waals surface area contributed by atoms with Crippen LogP contribution in [0.1, 0.15) is 6.92 Å². The fraction of sp³-hybridized carbons (Fsp3) is 0.714. The predicted octanol–water partition coefficient (Wildman–Crippen LogP) is -0.400. The third kappa shape index (κ3) is 2.64. The number of alkyl halides is 2. The average molecular weight is 192 g/mol. The normalized spacial score (nSPS) is 19.2. The van der Waals surface area contributed by atoms with E-state index in [1.54, 1.807) is 0 Å². The fourth-order valence-electron chi connectivity index (χ4n) is 1.00. The molecular weight excluding hydrogens is 182 g/mol. The highest BCUT2D eigenvalue weighted by Crippen LogP contribution is 2.26. The Morgan fingerprint density at radius 1 is 1.46 bits per heavy atom. The SMILES string of the molecule is CC(=O)NCC(=O)N1CC(F)(F)C1. The Morgan fingerprint density at radius 3 is 2.38 bits per heavy atom. The Kier molecular flexibility index (Phi) is 2.49. The Labute approximate surface area is 73.9 Å². The van der Waals surface area contributed by atoms with E-state index in [4.69, 9.17) is 0 Å². The van der Waals surface area contributed by atoms with Gasteiger partial charge in [0.2, 0.25) is 11.8 Å². The van der Waals surface area contributed by atoms with Gasteiger partial charge in [0, 0.05) is 6.92 Å². The second-order valence-electron chi connectivity index (χ2n) is 3.02. The summed E-state index contributed by atoms with van der Waals surface area (Å²) in [7, 11) is 0. The third-order valence-electron chi connectivity index (χ3n) is 1.69. The maximum absolute atomic E-state index is 12.3. The largest absolute Gasteiger partial charge is 0.347 e. The van der Waals surface area contributed by atoms with Crippen LogP contribution in [0, 0.1) is 0 Å². The highest BCUT2D eigenvalue weighted by atomic mass is 19.3. The zero-order valence-corrected chi connectivity index (χ0v) is 7.14. The minimum Gasteiger partial charge on any atom is -0.347 e. The topological polar surface area (TPSA) is 49.4 Å². The van der Waals surface area contributed by atoms with Crippen LogP contribution >= 0.6 is 0 Å². The molecule has 1 saturated heterocycles. The van der Waals surface area contributed by atoms with Gasteiger partial charge in [0.15, 0.2) is 0 Å². The van der Waals surface area contributed by atoms with Gasteiger partial charge in [-0.05, 0) is 0 Å². The molecule has 1 heterocycles. The van der Waals surface area contributed by atoms with Crippen LogP contribution in [0.15, 0.2) is 0 Å². The van der Waals surface area contributed by atoms with Gasteiger partial charge < -0.3 is 10.2 Å². The van der Waals surface area contributed by atoms with Gasteiger partial charge in [-0.25, -0.2) is 8.78 Å². The van der Waals surface area contributed by atoms with Crippen molar-refractivity contribution in [2.45, 2.75) is 12.8 Å². The molecule has 0 spiro atoms. The van der Waals surface area contributed by atoms with Crippen LogP contribution in [0.2, 0.25) is 0 Å². The van der Waals surface area contributed by atoms with E-state index < -0.39 is 24.9 Å². The van der Waals surface area contributed by atoms with Gasteiger partial charge in [0.05, 0.1) is 19.6 Å². The summed E-state index contributed by atoms with van der Waals surface area (Å²) in [4.78, 5) is 22.4. The fourth-order valence-corrected chi connectivity index (χ4v) is 1.00. The molecule has 0 atom stereocenters. The van der Waals surface area contributed by atoms with Crippen molar-refractivity contribution in [1.82, 2.24) is 10.2 Å². The summed E-state index contributed by atoms with van der Waals surface area (Å²) in [5, 5.41) is 2.25. The molecule has 6 heteroatoms. The van der Waals surface area contributed by atoms with Crippen LogP contribution in [0.25, 0.3) is 0 Å². The molecule has 0 unspecified atom stereocenters. The van der Waals surface area contributed by atoms with E-state index in [0.29, 0.717) is 0 Å². The molecule has 0 radical (unpaired) electrons. The van der Waals surface area contributed by atoms with Crippen LogP contribution in [0.4, 0.5) is 8.78 Å². The number of rotatable bonds is 2. The van der Waals surface area contributed by atoms with E-state index in [0.717, 1.165) is 4.90 Å². The standard InChI is InChI=1S/C7H10F2N2O2/c1-5(12)10-2-6(13)11-3-7(8,9)4-11/h2-4H2,1H3,(H,10,12). The number of carbonyl (C=O) groups is 2. The third-order valence-corrected chi connectivity index (χ3v) is 1.69. The van der Waals surface area contributed by atoms with Crippen LogP contribution in [-0.2, 0) is 9.59 Å². The monoisotopic (exact) mass is 192 g/mol. The van der Waals surface area contributed by atoms with E-state index in [1.165, 1.54) is 6.92 Å². The summed E-state index contributed by atoms with van der Waals surface area (Å²) in [6.07, 6.45) is 0. The molecule has 0 aromatic carbocycles. The second-order valence-corrected chi connectivity index (χ2v) is 3.02. The lowest BCUT2D eigenvalue weighted by molar-refractivity contribution is -0.165. The zero-order chi connectivity index (χ0) is 10.1. The molecule has 4 nitrogen and oxygen atoms in total. The Morgan fingerprint density at radius 2 is 2.00 bits per heavy atom. The molecule has 0 bridgehead atoms. The van der Waals surface area contributed by atoms with Crippen LogP contribution < -0.4 is 5.32 Å². The Balaban J connectivity index is 2.23. The van der Waals surface area contributed by atoms with Crippen molar-refractivity contribution in [3.63, 3.8) is 0 Å². The zero-order valence-electron chi connectivity index (χ0n) is 7.14. The van der Waals surface area contributed by atoms with Crippen LogP contribution in [0.5, 0.6) is 0 Å². The number of nitrogens with zero attached hydrogens (tertiary/aromatic N) is 1. The number of likely N-dealkylation sites (tertiary alicyclic amines) is 1. The number of hydrogen-bond donors (Lipinski definition) is 1. The summed E-state index contributed by atoms with van der Waals surface area (Å²) in [6, 6.07) is 0. The summed E-state index contributed by atoms with van der Waals surface area (Å²) in [6.45, 7) is -0.0137. The molecule has 1 rings (SSSR count). The summed E-state index contributed by atoms with van der Waals surface area (Å²) in [5.74, 6) is -3.56. The molecule has 0 saturated carbocycles. The minimum atomic E-state index is -2.74. The molecule has 74 valence electrons. The van der Waals surface area contributed by atoms with E-state index in [1.807, 2.05) is 0 Å². The van der Waals surface area contributed by atoms with E-state index >= 15 is 0 Å². The maximum Gasteiger partial charge on any atom is 0.282 e. The quantitative estimate of drug-likeness (QED) is 0.647. The van der Waals surface area contributed by atoms with Crippen LogP contribution in [-0.4, -0.2) is 42.3 Å². The van der Waals surface area contributed by atoms with E-state index in [2.05, 4.69) is 5.32 Å². The molecule has 0 aromatic rings. The van der Waals surface area contributed by atoms with Gasteiger partial charge in [0.25, 0.3) is 5.92 Å². The molecule has 1 aliphatic rings. The smallest absolute Gasteiger partial charge is 0.282 e. The van der Waals surface area contributed by atoms with Gasteiger partial charge in [-0.2, -0.15) is 0 Å². The molecule has 2 amide bonds. The van der Waals surface area contributed by atoms with Gasteiger partial charge in [-0.15, -0.1) is 0 Å². The first-order valence-electron chi connectivity index (χ1n) is 3.81. The molecule has 0 aliphatic carbocycles. The van der Waals surface area contributed by atoms with Crippen LogP contribution in [0.3, 0.4) is 0 Å². The van der Waals surface area contributed by atoms with Crippen molar-refractivity contribution >= 4 is 11.8 Å². The lowest BCUT2D eigenvalue weighted by Gasteiger charge is -2.38. The number of nitrogens with one attached hydrogen (secondary N) is 1. The molecule has 1 aliphatic heterocycles. The second kappa shape index (κ2) is 3.27. The van der Waals surface area contributed by atoms with E-state index in [9.17, 15) is 18.4 Å². The first kappa shape index (κ1) is 9.88. The van der Waals surface area contributed by atoms with Crippen molar-refractivity contribution in [3.8, 4) is 0 Å². The van der Waals surface area contributed by atoms with Crippen molar-refractivity contribution < 1.29 is 18.4 Å². The lowest BCUT2D eigenvalue weighted by atomic mass is 10.1.